The van der Waals surface area contributed by atoms with Crippen LogP contribution in [0.4, 0.5) is 0 Å². The van der Waals surface area contributed by atoms with Gasteiger partial charge in [0.05, 0.1) is 5.41 Å². The highest BCUT2D eigenvalue weighted by atomic mass is 35.5. The molecule has 0 atom stereocenters. The van der Waals surface area contributed by atoms with Crippen molar-refractivity contribution < 1.29 is 4.79 Å². The van der Waals surface area contributed by atoms with Gasteiger partial charge >= 0.3 is 0 Å². The number of amides is 1. The standard InChI is InChI=1S/C16H20N2O.ClH/c19-15(18-12-13-6-10-17-11-7-13)16(8-9-16)14-4-2-1-3-5-14;/h1-6,17H,7-12H2,(H,18,19);1H. The molecular weight excluding hydrogens is 272 g/mol. The molecule has 1 aromatic rings. The Morgan fingerprint density at radius 1 is 1.25 bits per heavy atom. The fourth-order valence-corrected chi connectivity index (χ4v) is 2.72. The van der Waals surface area contributed by atoms with Crippen LogP contribution < -0.4 is 10.6 Å². The predicted molar refractivity (Wildman–Crippen MR) is 83.2 cm³/mol. The summed E-state index contributed by atoms with van der Waals surface area (Å²) in [5.41, 5.74) is 2.26. The van der Waals surface area contributed by atoms with Crippen molar-refractivity contribution in [3.8, 4) is 0 Å². The number of halogens is 1. The van der Waals surface area contributed by atoms with Crippen LogP contribution in [0.15, 0.2) is 42.0 Å². The lowest BCUT2D eigenvalue weighted by Crippen LogP contribution is -2.37. The smallest absolute Gasteiger partial charge is 0.230 e. The summed E-state index contributed by atoms with van der Waals surface area (Å²) >= 11 is 0. The van der Waals surface area contributed by atoms with Gasteiger partial charge in [0.1, 0.15) is 0 Å². The Morgan fingerprint density at radius 2 is 2.00 bits per heavy atom. The molecule has 3 rings (SSSR count). The van der Waals surface area contributed by atoms with Gasteiger partial charge in [-0.1, -0.05) is 42.0 Å². The minimum absolute atomic E-state index is 0. The van der Waals surface area contributed by atoms with Crippen molar-refractivity contribution in [1.82, 2.24) is 10.6 Å². The molecule has 0 unspecified atom stereocenters. The molecule has 0 saturated heterocycles. The van der Waals surface area contributed by atoms with Crippen molar-refractivity contribution in [2.24, 2.45) is 0 Å². The number of benzene rings is 1. The number of hydrogen-bond acceptors (Lipinski definition) is 2. The third kappa shape index (κ3) is 3.05. The lowest BCUT2D eigenvalue weighted by molar-refractivity contribution is -0.123. The fraction of sp³-hybridized carbons (Fsp3) is 0.438. The van der Waals surface area contributed by atoms with Gasteiger partial charge in [0.15, 0.2) is 0 Å². The quantitative estimate of drug-likeness (QED) is 0.835. The zero-order chi connectivity index (χ0) is 13.1. The molecule has 1 amide bonds. The molecular formula is C16H21ClN2O. The third-order valence-corrected chi connectivity index (χ3v) is 4.14. The zero-order valence-corrected chi connectivity index (χ0v) is 12.3. The van der Waals surface area contributed by atoms with Crippen molar-refractivity contribution >= 4 is 18.3 Å². The van der Waals surface area contributed by atoms with E-state index in [0.717, 1.165) is 37.9 Å². The summed E-state index contributed by atoms with van der Waals surface area (Å²) in [6.07, 6.45) is 5.18. The van der Waals surface area contributed by atoms with Crippen LogP contribution in [0.2, 0.25) is 0 Å². The first kappa shape index (κ1) is 15.1. The van der Waals surface area contributed by atoms with Gasteiger partial charge in [-0.15, -0.1) is 12.4 Å². The van der Waals surface area contributed by atoms with Crippen molar-refractivity contribution in [1.29, 1.82) is 0 Å². The minimum atomic E-state index is -0.241. The lowest BCUT2D eigenvalue weighted by Gasteiger charge is -2.18. The molecule has 2 aliphatic rings. The first-order valence-corrected chi connectivity index (χ1v) is 7.04. The summed E-state index contributed by atoms with van der Waals surface area (Å²) in [5.74, 6) is 0.193. The summed E-state index contributed by atoms with van der Waals surface area (Å²) in [6.45, 7) is 2.65. The van der Waals surface area contributed by atoms with Gasteiger partial charge in [-0.3, -0.25) is 4.79 Å². The highest BCUT2D eigenvalue weighted by molar-refractivity contribution is 5.91. The maximum atomic E-state index is 12.4. The van der Waals surface area contributed by atoms with E-state index in [0.29, 0.717) is 6.54 Å². The Kier molecular flexibility index (Phi) is 4.84. The molecule has 1 aliphatic heterocycles. The molecule has 20 heavy (non-hydrogen) atoms. The van der Waals surface area contributed by atoms with E-state index < -0.39 is 0 Å². The van der Waals surface area contributed by atoms with Gasteiger partial charge in [-0.05, 0) is 31.4 Å². The summed E-state index contributed by atoms with van der Waals surface area (Å²) in [4.78, 5) is 12.4. The molecule has 1 aromatic carbocycles. The normalized spacial score (nSPS) is 19.5. The van der Waals surface area contributed by atoms with Gasteiger partial charge in [0, 0.05) is 13.1 Å². The van der Waals surface area contributed by atoms with Crippen LogP contribution in [0.3, 0.4) is 0 Å². The lowest BCUT2D eigenvalue weighted by atomic mass is 9.95. The minimum Gasteiger partial charge on any atom is -0.352 e. The van der Waals surface area contributed by atoms with E-state index in [2.05, 4.69) is 28.8 Å². The Bertz CT molecular complexity index is 494. The summed E-state index contributed by atoms with van der Waals surface area (Å²) in [6, 6.07) is 10.2. The average Bonchev–Trinajstić information content (AvgIpc) is 3.28. The Labute approximate surface area is 126 Å². The molecule has 0 aromatic heterocycles. The maximum Gasteiger partial charge on any atom is 0.230 e. The van der Waals surface area contributed by atoms with Crippen LogP contribution in [0, 0.1) is 0 Å². The molecule has 3 nitrogen and oxygen atoms in total. The van der Waals surface area contributed by atoms with Crippen LogP contribution in [0.5, 0.6) is 0 Å². The number of rotatable bonds is 4. The first-order chi connectivity index (χ1) is 9.31. The second-order valence-electron chi connectivity index (χ2n) is 5.45. The molecule has 1 aliphatic carbocycles. The molecule has 1 heterocycles. The summed E-state index contributed by atoms with van der Waals surface area (Å²) < 4.78 is 0. The van der Waals surface area contributed by atoms with Crippen LogP contribution >= 0.6 is 12.4 Å². The van der Waals surface area contributed by atoms with Crippen molar-refractivity contribution in [3.05, 3.63) is 47.5 Å². The third-order valence-electron chi connectivity index (χ3n) is 4.14. The molecule has 4 heteroatoms. The van der Waals surface area contributed by atoms with E-state index in [1.54, 1.807) is 0 Å². The van der Waals surface area contributed by atoms with Gasteiger partial charge in [-0.2, -0.15) is 0 Å². The van der Waals surface area contributed by atoms with E-state index in [1.807, 2.05) is 18.2 Å². The Hall–Kier alpha value is -1.32. The topological polar surface area (TPSA) is 41.1 Å². The van der Waals surface area contributed by atoms with Crippen molar-refractivity contribution in [2.45, 2.75) is 24.7 Å². The van der Waals surface area contributed by atoms with E-state index in [1.165, 1.54) is 5.57 Å². The van der Waals surface area contributed by atoms with Crippen molar-refractivity contribution in [3.63, 3.8) is 0 Å². The van der Waals surface area contributed by atoms with Crippen molar-refractivity contribution in [2.75, 3.05) is 19.6 Å². The number of carbonyl (C=O) groups is 1. The van der Waals surface area contributed by atoms with Crippen LogP contribution in [-0.2, 0) is 10.2 Å². The van der Waals surface area contributed by atoms with E-state index in [-0.39, 0.29) is 23.7 Å². The second-order valence-corrected chi connectivity index (χ2v) is 5.45. The van der Waals surface area contributed by atoms with Crippen LogP contribution in [0.1, 0.15) is 24.8 Å². The molecule has 1 saturated carbocycles. The van der Waals surface area contributed by atoms with E-state index in [4.69, 9.17) is 0 Å². The average molecular weight is 293 g/mol. The second kappa shape index (κ2) is 6.42. The molecule has 0 bridgehead atoms. The van der Waals surface area contributed by atoms with Gasteiger partial charge < -0.3 is 10.6 Å². The maximum absolute atomic E-state index is 12.4. The molecule has 2 N–H and O–H groups in total. The predicted octanol–water partition coefficient (Wildman–Crippen LogP) is 2.18. The Balaban J connectivity index is 0.00000147. The van der Waals surface area contributed by atoms with E-state index in [9.17, 15) is 4.79 Å². The van der Waals surface area contributed by atoms with Gasteiger partial charge in [0.2, 0.25) is 5.91 Å². The van der Waals surface area contributed by atoms with Gasteiger partial charge in [-0.25, -0.2) is 0 Å². The molecule has 1 fully saturated rings. The first-order valence-electron chi connectivity index (χ1n) is 7.04. The summed E-state index contributed by atoms with van der Waals surface area (Å²) in [5, 5.41) is 6.40. The molecule has 0 radical (unpaired) electrons. The largest absolute Gasteiger partial charge is 0.352 e. The number of hydrogen-bond donors (Lipinski definition) is 2. The van der Waals surface area contributed by atoms with Crippen LogP contribution in [0.25, 0.3) is 0 Å². The SMILES string of the molecule is Cl.O=C(NCC1=CCNCC1)C1(c2ccccc2)CC1. The summed E-state index contributed by atoms with van der Waals surface area (Å²) in [7, 11) is 0. The van der Waals surface area contributed by atoms with Gasteiger partial charge in [0.25, 0.3) is 0 Å². The highest BCUT2D eigenvalue weighted by Gasteiger charge is 2.50. The van der Waals surface area contributed by atoms with E-state index >= 15 is 0 Å². The number of carbonyl (C=O) groups excluding carboxylic acids is 1. The fourth-order valence-electron chi connectivity index (χ4n) is 2.72. The zero-order valence-electron chi connectivity index (χ0n) is 11.5. The monoisotopic (exact) mass is 292 g/mol. The number of nitrogens with one attached hydrogen (secondary N) is 2. The highest BCUT2D eigenvalue weighted by Crippen LogP contribution is 2.48. The van der Waals surface area contributed by atoms with Crippen LogP contribution in [-0.4, -0.2) is 25.5 Å². The Morgan fingerprint density at radius 3 is 2.60 bits per heavy atom. The molecule has 108 valence electrons. The molecule has 0 spiro atoms.